The van der Waals surface area contributed by atoms with E-state index in [2.05, 4.69) is 0 Å². The van der Waals surface area contributed by atoms with Crippen molar-refractivity contribution in [2.24, 2.45) is 0 Å². The van der Waals surface area contributed by atoms with Gasteiger partial charge in [-0.25, -0.2) is 4.79 Å². The minimum atomic E-state index is -0.328. The molecule has 1 amide bonds. The van der Waals surface area contributed by atoms with Crippen LogP contribution in [-0.2, 0) is 22.5 Å². The third kappa shape index (κ3) is 3.71. The van der Waals surface area contributed by atoms with Gasteiger partial charge in [-0.05, 0) is 24.1 Å². The molecule has 3 rings (SSSR count). The molecule has 0 saturated carbocycles. The quantitative estimate of drug-likeness (QED) is 0.862. The lowest BCUT2D eigenvalue weighted by atomic mass is 10.00. The molecule has 4 nitrogen and oxygen atoms in total. The van der Waals surface area contributed by atoms with Gasteiger partial charge in [-0.1, -0.05) is 48.5 Å². The Labute approximate surface area is 136 Å². The van der Waals surface area contributed by atoms with Crippen molar-refractivity contribution in [3.63, 3.8) is 0 Å². The van der Waals surface area contributed by atoms with Crippen LogP contribution in [0.2, 0.25) is 0 Å². The van der Waals surface area contributed by atoms with Crippen molar-refractivity contribution in [2.45, 2.75) is 26.1 Å². The molecule has 0 unspecified atom stereocenters. The Morgan fingerprint density at radius 1 is 1.13 bits per heavy atom. The Morgan fingerprint density at radius 3 is 2.65 bits per heavy atom. The van der Waals surface area contributed by atoms with E-state index in [1.54, 1.807) is 4.90 Å². The monoisotopic (exact) mass is 311 g/mol. The van der Waals surface area contributed by atoms with Crippen LogP contribution < -0.4 is 4.90 Å². The lowest BCUT2D eigenvalue weighted by Gasteiger charge is -2.33. The number of nitrogens with zero attached hydrogens (tertiary/aromatic N) is 1. The molecule has 1 heterocycles. The van der Waals surface area contributed by atoms with E-state index in [9.17, 15) is 4.79 Å². The summed E-state index contributed by atoms with van der Waals surface area (Å²) in [5, 5.41) is 0. The van der Waals surface area contributed by atoms with E-state index in [1.165, 1.54) is 0 Å². The van der Waals surface area contributed by atoms with Crippen molar-refractivity contribution < 1.29 is 14.3 Å². The zero-order chi connectivity index (χ0) is 16.1. The molecule has 2 aromatic carbocycles. The van der Waals surface area contributed by atoms with Crippen LogP contribution in [0.3, 0.4) is 0 Å². The fourth-order valence-corrected chi connectivity index (χ4v) is 2.88. The molecule has 2 aromatic rings. The lowest BCUT2D eigenvalue weighted by Crippen LogP contribution is -2.43. The SMILES string of the molecule is CCO[C@H]1Cc2ccccc2N(C(=O)OCc2ccccc2)C1. The average molecular weight is 311 g/mol. The smallest absolute Gasteiger partial charge is 0.414 e. The van der Waals surface area contributed by atoms with Gasteiger partial charge in [0.1, 0.15) is 6.61 Å². The fraction of sp³-hybridized carbons (Fsp3) is 0.316. The average Bonchev–Trinajstić information content (AvgIpc) is 2.60. The van der Waals surface area contributed by atoms with Crippen LogP contribution in [0.15, 0.2) is 54.6 Å². The molecule has 1 aliphatic heterocycles. The number of anilines is 1. The van der Waals surface area contributed by atoms with E-state index in [0.717, 1.165) is 23.2 Å². The zero-order valence-electron chi connectivity index (χ0n) is 13.3. The van der Waals surface area contributed by atoms with Crippen molar-refractivity contribution in [2.75, 3.05) is 18.1 Å². The minimum Gasteiger partial charge on any atom is -0.444 e. The number of hydrogen-bond acceptors (Lipinski definition) is 3. The summed E-state index contributed by atoms with van der Waals surface area (Å²) in [4.78, 5) is 14.2. The molecule has 0 bridgehead atoms. The van der Waals surface area contributed by atoms with E-state index >= 15 is 0 Å². The standard InChI is InChI=1S/C19H21NO3/c1-2-22-17-12-16-10-6-7-11-18(16)20(13-17)19(21)23-14-15-8-4-3-5-9-15/h3-11,17H,2,12-14H2,1H3/t17-/m0/s1. The highest BCUT2D eigenvalue weighted by atomic mass is 16.6. The van der Waals surface area contributed by atoms with E-state index in [1.807, 2.05) is 61.5 Å². The summed E-state index contributed by atoms with van der Waals surface area (Å²) in [5.74, 6) is 0. The van der Waals surface area contributed by atoms with Crippen LogP contribution in [0.1, 0.15) is 18.1 Å². The second kappa shape index (κ2) is 7.29. The van der Waals surface area contributed by atoms with Crippen LogP contribution in [0.5, 0.6) is 0 Å². The third-order valence-electron chi connectivity index (χ3n) is 3.94. The summed E-state index contributed by atoms with van der Waals surface area (Å²) < 4.78 is 11.2. The van der Waals surface area contributed by atoms with Crippen LogP contribution in [-0.4, -0.2) is 25.3 Å². The van der Waals surface area contributed by atoms with E-state index in [4.69, 9.17) is 9.47 Å². The summed E-state index contributed by atoms with van der Waals surface area (Å²) in [6.45, 7) is 3.41. The van der Waals surface area contributed by atoms with Gasteiger partial charge in [0, 0.05) is 13.0 Å². The molecule has 0 N–H and O–H groups in total. The summed E-state index contributed by atoms with van der Waals surface area (Å²) in [6, 6.07) is 17.6. The van der Waals surface area contributed by atoms with Crippen LogP contribution in [0.4, 0.5) is 10.5 Å². The van der Waals surface area contributed by atoms with Crippen molar-refractivity contribution in [3.8, 4) is 0 Å². The van der Waals surface area contributed by atoms with Crippen molar-refractivity contribution in [1.29, 1.82) is 0 Å². The van der Waals surface area contributed by atoms with Gasteiger partial charge in [0.15, 0.2) is 0 Å². The van der Waals surface area contributed by atoms with E-state index < -0.39 is 0 Å². The number of rotatable bonds is 4. The highest BCUT2D eigenvalue weighted by Crippen LogP contribution is 2.28. The van der Waals surface area contributed by atoms with Crippen molar-refractivity contribution >= 4 is 11.8 Å². The number of para-hydroxylation sites is 1. The maximum Gasteiger partial charge on any atom is 0.414 e. The Kier molecular flexibility index (Phi) is 4.93. The predicted molar refractivity (Wildman–Crippen MR) is 89.5 cm³/mol. The first-order chi connectivity index (χ1) is 11.3. The van der Waals surface area contributed by atoms with E-state index in [0.29, 0.717) is 13.2 Å². The number of benzene rings is 2. The van der Waals surface area contributed by atoms with Crippen LogP contribution in [0, 0.1) is 0 Å². The highest BCUT2D eigenvalue weighted by molar-refractivity contribution is 5.89. The highest BCUT2D eigenvalue weighted by Gasteiger charge is 2.29. The Bertz CT molecular complexity index is 657. The lowest BCUT2D eigenvalue weighted by molar-refractivity contribution is 0.0625. The first-order valence-corrected chi connectivity index (χ1v) is 7.95. The van der Waals surface area contributed by atoms with E-state index in [-0.39, 0.29) is 18.8 Å². The topological polar surface area (TPSA) is 38.8 Å². The fourth-order valence-electron chi connectivity index (χ4n) is 2.88. The molecule has 1 aliphatic rings. The summed E-state index contributed by atoms with van der Waals surface area (Å²) in [6.07, 6.45) is 0.511. The molecule has 1 atom stereocenters. The summed E-state index contributed by atoms with van der Waals surface area (Å²) in [7, 11) is 0. The number of fused-ring (bicyclic) bond motifs is 1. The Morgan fingerprint density at radius 2 is 1.87 bits per heavy atom. The Hall–Kier alpha value is -2.33. The van der Waals surface area contributed by atoms with Gasteiger partial charge >= 0.3 is 6.09 Å². The molecule has 0 saturated heterocycles. The number of hydrogen-bond donors (Lipinski definition) is 0. The largest absolute Gasteiger partial charge is 0.444 e. The Balaban J connectivity index is 1.73. The molecule has 0 aromatic heterocycles. The second-order valence-electron chi connectivity index (χ2n) is 5.56. The maximum atomic E-state index is 12.5. The number of carbonyl (C=O) groups excluding carboxylic acids is 1. The minimum absolute atomic E-state index is 0.0131. The molecule has 4 heteroatoms. The molecule has 0 radical (unpaired) electrons. The molecule has 23 heavy (non-hydrogen) atoms. The van der Waals surface area contributed by atoms with Gasteiger partial charge in [-0.3, -0.25) is 4.90 Å². The summed E-state index contributed by atoms with van der Waals surface area (Å²) >= 11 is 0. The van der Waals surface area contributed by atoms with Gasteiger partial charge in [0.2, 0.25) is 0 Å². The number of amides is 1. The second-order valence-corrected chi connectivity index (χ2v) is 5.56. The van der Waals surface area contributed by atoms with Gasteiger partial charge in [-0.2, -0.15) is 0 Å². The predicted octanol–water partition coefficient (Wildman–Crippen LogP) is 3.79. The molecular formula is C19H21NO3. The maximum absolute atomic E-state index is 12.5. The zero-order valence-corrected chi connectivity index (χ0v) is 13.3. The van der Waals surface area contributed by atoms with Gasteiger partial charge < -0.3 is 9.47 Å². The van der Waals surface area contributed by atoms with Crippen LogP contribution >= 0.6 is 0 Å². The van der Waals surface area contributed by atoms with Gasteiger partial charge in [-0.15, -0.1) is 0 Å². The van der Waals surface area contributed by atoms with Crippen molar-refractivity contribution in [3.05, 3.63) is 65.7 Å². The summed E-state index contributed by atoms with van der Waals surface area (Å²) in [5.41, 5.74) is 3.02. The first kappa shape index (κ1) is 15.6. The third-order valence-corrected chi connectivity index (χ3v) is 3.94. The normalized spacial score (nSPS) is 16.7. The number of ether oxygens (including phenoxy) is 2. The van der Waals surface area contributed by atoms with Gasteiger partial charge in [0.05, 0.1) is 18.3 Å². The van der Waals surface area contributed by atoms with Crippen molar-refractivity contribution in [1.82, 2.24) is 0 Å². The number of carbonyl (C=O) groups is 1. The molecule has 0 spiro atoms. The molecule has 0 fully saturated rings. The molecular weight excluding hydrogens is 290 g/mol. The first-order valence-electron chi connectivity index (χ1n) is 7.95. The van der Waals surface area contributed by atoms with Crippen LogP contribution in [0.25, 0.3) is 0 Å². The molecule has 0 aliphatic carbocycles. The van der Waals surface area contributed by atoms with Gasteiger partial charge in [0.25, 0.3) is 0 Å². The molecule has 120 valence electrons.